The Bertz CT molecular complexity index is 667. The fourth-order valence-electron chi connectivity index (χ4n) is 3.08. The lowest BCUT2D eigenvalue weighted by Crippen LogP contribution is -2.36. The molecule has 0 aromatic heterocycles. The molecule has 0 aliphatic carbocycles. The minimum absolute atomic E-state index is 0.0900. The van der Waals surface area contributed by atoms with Gasteiger partial charge in [0.2, 0.25) is 5.91 Å². The molecule has 4 nitrogen and oxygen atoms in total. The number of morpholine rings is 1. The second-order valence-corrected chi connectivity index (χ2v) is 6.39. The van der Waals surface area contributed by atoms with E-state index in [4.69, 9.17) is 4.74 Å². The number of ether oxygens (including phenoxy) is 1. The minimum Gasteiger partial charge on any atom is -0.378 e. The highest BCUT2D eigenvalue weighted by molar-refractivity contribution is 5.91. The summed E-state index contributed by atoms with van der Waals surface area (Å²) in [5.74, 6) is 0.0900. The van der Waals surface area contributed by atoms with Crippen LogP contribution in [0, 0.1) is 0 Å². The van der Waals surface area contributed by atoms with Crippen molar-refractivity contribution in [3.8, 4) is 0 Å². The largest absolute Gasteiger partial charge is 0.378 e. The van der Waals surface area contributed by atoms with Crippen molar-refractivity contribution in [2.75, 3.05) is 36.5 Å². The van der Waals surface area contributed by atoms with Crippen LogP contribution in [0.15, 0.2) is 54.6 Å². The minimum atomic E-state index is 0.0900. The van der Waals surface area contributed by atoms with Crippen LogP contribution < -0.4 is 10.2 Å². The Balaban J connectivity index is 1.43. The van der Waals surface area contributed by atoms with E-state index in [-0.39, 0.29) is 5.91 Å². The van der Waals surface area contributed by atoms with E-state index in [2.05, 4.69) is 40.5 Å². The van der Waals surface area contributed by atoms with Gasteiger partial charge in [-0.3, -0.25) is 4.79 Å². The van der Waals surface area contributed by atoms with Gasteiger partial charge in [-0.05, 0) is 43.0 Å². The molecule has 132 valence electrons. The van der Waals surface area contributed by atoms with Crippen LogP contribution in [0.5, 0.6) is 0 Å². The number of nitrogens with zero attached hydrogens (tertiary/aromatic N) is 1. The number of benzene rings is 2. The van der Waals surface area contributed by atoms with E-state index in [9.17, 15) is 4.79 Å². The van der Waals surface area contributed by atoms with Crippen LogP contribution in [0.4, 0.5) is 11.4 Å². The van der Waals surface area contributed by atoms with E-state index in [0.717, 1.165) is 56.9 Å². The van der Waals surface area contributed by atoms with E-state index in [1.54, 1.807) is 0 Å². The zero-order valence-electron chi connectivity index (χ0n) is 14.6. The van der Waals surface area contributed by atoms with Gasteiger partial charge in [0.15, 0.2) is 0 Å². The molecule has 0 atom stereocenters. The molecule has 2 aromatic rings. The van der Waals surface area contributed by atoms with E-state index >= 15 is 0 Å². The van der Waals surface area contributed by atoms with Gasteiger partial charge in [-0.25, -0.2) is 0 Å². The summed E-state index contributed by atoms with van der Waals surface area (Å²) >= 11 is 0. The number of nitrogens with one attached hydrogen (secondary N) is 1. The lowest BCUT2D eigenvalue weighted by Gasteiger charge is -2.29. The molecule has 4 heteroatoms. The summed E-state index contributed by atoms with van der Waals surface area (Å²) in [6.45, 7) is 3.32. The van der Waals surface area contributed by atoms with Crippen LogP contribution >= 0.6 is 0 Å². The number of carbonyl (C=O) groups is 1. The summed E-state index contributed by atoms with van der Waals surface area (Å²) in [4.78, 5) is 14.5. The zero-order chi connectivity index (χ0) is 17.3. The number of rotatable bonds is 7. The second-order valence-electron chi connectivity index (χ2n) is 6.39. The first-order valence-corrected chi connectivity index (χ1v) is 9.08. The molecule has 2 aromatic carbocycles. The molecule has 1 heterocycles. The number of carbonyl (C=O) groups excluding carboxylic acids is 1. The van der Waals surface area contributed by atoms with Crippen molar-refractivity contribution in [3.05, 3.63) is 60.2 Å². The molecule has 1 saturated heterocycles. The van der Waals surface area contributed by atoms with E-state index in [1.807, 2.05) is 24.3 Å². The average Bonchev–Trinajstić information content (AvgIpc) is 2.67. The van der Waals surface area contributed by atoms with Gasteiger partial charge < -0.3 is 15.0 Å². The fourth-order valence-corrected chi connectivity index (χ4v) is 3.08. The maximum Gasteiger partial charge on any atom is 0.224 e. The Morgan fingerprint density at radius 3 is 2.60 bits per heavy atom. The molecular formula is C21H26N2O2. The number of hydrogen-bond acceptors (Lipinski definition) is 3. The summed E-state index contributed by atoms with van der Waals surface area (Å²) in [6.07, 6.45) is 3.53. The van der Waals surface area contributed by atoms with E-state index < -0.39 is 0 Å². The molecule has 0 bridgehead atoms. The van der Waals surface area contributed by atoms with Crippen LogP contribution in [-0.2, 0) is 16.0 Å². The monoisotopic (exact) mass is 338 g/mol. The maximum absolute atomic E-state index is 12.2. The normalized spacial score (nSPS) is 14.3. The van der Waals surface area contributed by atoms with Gasteiger partial charge in [0.1, 0.15) is 0 Å². The number of amides is 1. The summed E-state index contributed by atoms with van der Waals surface area (Å²) in [5, 5.41) is 3.02. The lowest BCUT2D eigenvalue weighted by atomic mass is 10.1. The molecule has 1 amide bonds. The fraction of sp³-hybridized carbons (Fsp3) is 0.381. The van der Waals surface area contributed by atoms with E-state index in [1.165, 1.54) is 5.56 Å². The standard InChI is InChI=1S/C21H26N2O2/c24-21(12-5-4-9-18-7-2-1-3-8-18)22-19-10-6-11-20(17-19)23-13-15-25-16-14-23/h1-3,6-8,10-11,17H,4-5,9,12-16H2,(H,22,24). The molecule has 1 aliphatic rings. The average molecular weight is 338 g/mol. The van der Waals surface area contributed by atoms with Crippen LogP contribution in [0.1, 0.15) is 24.8 Å². The molecule has 0 spiro atoms. The molecule has 1 fully saturated rings. The van der Waals surface area contributed by atoms with Gasteiger partial charge in [0, 0.05) is 30.9 Å². The molecule has 1 N–H and O–H groups in total. The summed E-state index contributed by atoms with van der Waals surface area (Å²) in [6, 6.07) is 18.5. The molecule has 25 heavy (non-hydrogen) atoms. The third-order valence-corrected chi connectivity index (χ3v) is 4.47. The van der Waals surface area contributed by atoms with Crippen LogP contribution in [0.25, 0.3) is 0 Å². The summed E-state index contributed by atoms with van der Waals surface area (Å²) < 4.78 is 5.39. The Kier molecular flexibility index (Phi) is 6.46. The quantitative estimate of drug-likeness (QED) is 0.779. The highest BCUT2D eigenvalue weighted by Gasteiger charge is 2.11. The maximum atomic E-state index is 12.2. The summed E-state index contributed by atoms with van der Waals surface area (Å²) in [5.41, 5.74) is 3.35. The van der Waals surface area contributed by atoms with E-state index in [0.29, 0.717) is 6.42 Å². The first kappa shape index (κ1) is 17.5. The van der Waals surface area contributed by atoms with Gasteiger partial charge in [0.05, 0.1) is 13.2 Å². The molecule has 0 saturated carbocycles. The Hall–Kier alpha value is -2.33. The van der Waals surface area contributed by atoms with Crippen LogP contribution in [-0.4, -0.2) is 32.2 Å². The van der Waals surface area contributed by atoms with Gasteiger partial charge >= 0.3 is 0 Å². The lowest BCUT2D eigenvalue weighted by molar-refractivity contribution is -0.116. The molecular weight excluding hydrogens is 312 g/mol. The topological polar surface area (TPSA) is 41.6 Å². The van der Waals surface area contributed by atoms with Crippen molar-refractivity contribution >= 4 is 17.3 Å². The zero-order valence-corrected chi connectivity index (χ0v) is 14.6. The predicted octanol–water partition coefficient (Wildman–Crippen LogP) is 3.87. The van der Waals surface area contributed by atoms with Crippen molar-refractivity contribution in [1.82, 2.24) is 0 Å². The third-order valence-electron chi connectivity index (χ3n) is 4.47. The van der Waals surface area contributed by atoms with Crippen LogP contribution in [0.2, 0.25) is 0 Å². The van der Waals surface area contributed by atoms with Gasteiger partial charge in [-0.15, -0.1) is 0 Å². The predicted molar refractivity (Wildman–Crippen MR) is 102 cm³/mol. The first-order valence-electron chi connectivity index (χ1n) is 9.08. The van der Waals surface area contributed by atoms with Crippen molar-refractivity contribution in [3.63, 3.8) is 0 Å². The van der Waals surface area contributed by atoms with Crippen molar-refractivity contribution in [2.24, 2.45) is 0 Å². The highest BCUT2D eigenvalue weighted by Crippen LogP contribution is 2.20. The molecule has 0 unspecified atom stereocenters. The second kappa shape index (κ2) is 9.23. The molecule has 3 rings (SSSR count). The number of aryl methyl sites for hydroxylation is 1. The van der Waals surface area contributed by atoms with Crippen molar-refractivity contribution in [2.45, 2.75) is 25.7 Å². The van der Waals surface area contributed by atoms with Gasteiger partial charge in [0.25, 0.3) is 0 Å². The highest BCUT2D eigenvalue weighted by atomic mass is 16.5. The number of anilines is 2. The molecule has 0 radical (unpaired) electrons. The van der Waals surface area contributed by atoms with Crippen LogP contribution in [0.3, 0.4) is 0 Å². The smallest absolute Gasteiger partial charge is 0.224 e. The summed E-state index contributed by atoms with van der Waals surface area (Å²) in [7, 11) is 0. The Morgan fingerprint density at radius 1 is 1.00 bits per heavy atom. The van der Waals surface area contributed by atoms with Crippen molar-refractivity contribution < 1.29 is 9.53 Å². The third kappa shape index (κ3) is 5.61. The van der Waals surface area contributed by atoms with Gasteiger partial charge in [-0.2, -0.15) is 0 Å². The Labute approximate surface area is 149 Å². The molecule has 1 aliphatic heterocycles. The first-order chi connectivity index (χ1) is 12.3. The number of unbranched alkanes of at least 4 members (excludes halogenated alkanes) is 1. The SMILES string of the molecule is O=C(CCCCc1ccccc1)Nc1cccc(N2CCOCC2)c1. The van der Waals surface area contributed by atoms with Gasteiger partial charge in [-0.1, -0.05) is 36.4 Å². The Morgan fingerprint density at radius 2 is 1.80 bits per heavy atom. The van der Waals surface area contributed by atoms with Crippen molar-refractivity contribution in [1.29, 1.82) is 0 Å². The number of hydrogen-bond donors (Lipinski definition) is 1.